The van der Waals surface area contributed by atoms with Gasteiger partial charge in [-0.2, -0.15) is 0 Å². The summed E-state index contributed by atoms with van der Waals surface area (Å²) in [5.74, 6) is 0.0451. The Bertz CT molecular complexity index is 556. The second kappa shape index (κ2) is 5.05. The lowest BCUT2D eigenvalue weighted by Crippen LogP contribution is -2.48. The Morgan fingerprint density at radius 3 is 2.74 bits per heavy atom. The summed E-state index contributed by atoms with van der Waals surface area (Å²) in [5, 5.41) is 1.05. The van der Waals surface area contributed by atoms with Crippen molar-refractivity contribution in [2.75, 3.05) is 31.1 Å². The number of carbonyl (C=O) groups is 1. The van der Waals surface area contributed by atoms with Gasteiger partial charge in [-0.05, 0) is 13.0 Å². The molecule has 3 rings (SSSR count). The molecule has 0 aromatic carbocycles. The van der Waals surface area contributed by atoms with Gasteiger partial charge in [-0.1, -0.05) is 0 Å². The maximum atomic E-state index is 12.1. The van der Waals surface area contributed by atoms with Crippen LogP contribution in [-0.2, 0) is 0 Å². The molecule has 2 aromatic rings. The molecule has 0 aliphatic carbocycles. The zero-order valence-corrected chi connectivity index (χ0v) is 11.5. The number of anilines is 1. The summed E-state index contributed by atoms with van der Waals surface area (Å²) in [6.07, 6.45) is 4.92. The minimum Gasteiger partial charge on any atom is -0.472 e. The Morgan fingerprint density at radius 1 is 1.37 bits per heavy atom. The van der Waals surface area contributed by atoms with Crippen LogP contribution in [0.5, 0.6) is 0 Å². The van der Waals surface area contributed by atoms with Gasteiger partial charge in [0.2, 0.25) is 0 Å². The molecular weight excluding hydrogens is 262 g/mol. The lowest BCUT2D eigenvalue weighted by atomic mass is 10.2. The number of nitrogens with zero attached hydrogens (tertiary/aromatic N) is 3. The molecule has 0 bridgehead atoms. The maximum Gasteiger partial charge on any atom is 0.257 e. The van der Waals surface area contributed by atoms with Crippen LogP contribution in [0.4, 0.5) is 5.13 Å². The topological polar surface area (TPSA) is 49.6 Å². The third-order valence-electron chi connectivity index (χ3n) is 3.21. The van der Waals surface area contributed by atoms with Gasteiger partial charge < -0.3 is 14.2 Å². The van der Waals surface area contributed by atoms with E-state index in [2.05, 4.69) is 16.8 Å². The maximum absolute atomic E-state index is 12.1. The van der Waals surface area contributed by atoms with Crippen molar-refractivity contribution >= 4 is 22.4 Å². The fraction of sp³-hybridized carbons (Fsp3) is 0.385. The standard InChI is InChI=1S/C13H15N3O2S/c1-10-8-14-13(19-10)16-5-3-15(4-6-16)12(17)11-2-7-18-9-11/h2,7-9H,3-6H2,1H3. The Labute approximate surface area is 115 Å². The third-order valence-corrected chi connectivity index (χ3v) is 4.19. The van der Waals surface area contributed by atoms with E-state index < -0.39 is 0 Å². The number of carbonyl (C=O) groups excluding carboxylic acids is 1. The van der Waals surface area contributed by atoms with E-state index in [4.69, 9.17) is 4.42 Å². The molecule has 1 fully saturated rings. The molecule has 6 heteroatoms. The molecule has 3 heterocycles. The van der Waals surface area contributed by atoms with Crippen LogP contribution < -0.4 is 4.90 Å². The Balaban J connectivity index is 1.62. The summed E-state index contributed by atoms with van der Waals surface area (Å²) in [6.45, 7) is 5.16. The zero-order valence-electron chi connectivity index (χ0n) is 10.7. The third kappa shape index (κ3) is 2.49. The van der Waals surface area contributed by atoms with Gasteiger partial charge in [-0.25, -0.2) is 4.98 Å². The van der Waals surface area contributed by atoms with Crippen LogP contribution in [0.3, 0.4) is 0 Å². The van der Waals surface area contributed by atoms with Gasteiger partial charge in [0.25, 0.3) is 5.91 Å². The fourth-order valence-corrected chi connectivity index (χ4v) is 2.97. The van der Waals surface area contributed by atoms with Gasteiger partial charge in [-0.3, -0.25) is 4.79 Å². The molecular formula is C13H15N3O2S. The van der Waals surface area contributed by atoms with Crippen LogP contribution in [0.1, 0.15) is 15.2 Å². The Hall–Kier alpha value is -1.82. The molecule has 0 unspecified atom stereocenters. The highest BCUT2D eigenvalue weighted by Gasteiger charge is 2.23. The molecule has 1 saturated heterocycles. The van der Waals surface area contributed by atoms with E-state index in [0.29, 0.717) is 5.56 Å². The van der Waals surface area contributed by atoms with Crippen LogP contribution in [0, 0.1) is 6.92 Å². The molecule has 2 aromatic heterocycles. The van der Waals surface area contributed by atoms with Crippen molar-refractivity contribution in [3.05, 3.63) is 35.2 Å². The normalized spacial score (nSPS) is 15.8. The molecule has 0 saturated carbocycles. The molecule has 0 spiro atoms. The molecule has 5 nitrogen and oxygen atoms in total. The highest BCUT2D eigenvalue weighted by Crippen LogP contribution is 2.23. The van der Waals surface area contributed by atoms with Crippen LogP contribution in [0.25, 0.3) is 0 Å². The molecule has 100 valence electrons. The first kappa shape index (κ1) is 12.2. The summed E-state index contributed by atoms with van der Waals surface area (Å²) in [4.78, 5) is 21.8. The summed E-state index contributed by atoms with van der Waals surface area (Å²) in [7, 11) is 0. The summed E-state index contributed by atoms with van der Waals surface area (Å²) in [6, 6.07) is 1.71. The highest BCUT2D eigenvalue weighted by molar-refractivity contribution is 7.15. The van der Waals surface area contributed by atoms with Gasteiger partial charge in [-0.15, -0.1) is 11.3 Å². The van der Waals surface area contributed by atoms with E-state index in [1.807, 2.05) is 11.1 Å². The number of amides is 1. The predicted molar refractivity (Wildman–Crippen MR) is 73.7 cm³/mol. The van der Waals surface area contributed by atoms with Crippen LogP contribution in [-0.4, -0.2) is 42.0 Å². The predicted octanol–water partition coefficient (Wildman–Crippen LogP) is 2.01. The highest BCUT2D eigenvalue weighted by atomic mass is 32.1. The minimum atomic E-state index is 0.0451. The number of aromatic nitrogens is 1. The smallest absolute Gasteiger partial charge is 0.257 e. The fourth-order valence-electron chi connectivity index (χ4n) is 2.16. The van der Waals surface area contributed by atoms with Gasteiger partial charge in [0.15, 0.2) is 5.13 Å². The lowest BCUT2D eigenvalue weighted by molar-refractivity contribution is 0.0746. The molecule has 19 heavy (non-hydrogen) atoms. The van der Waals surface area contributed by atoms with E-state index in [0.717, 1.165) is 31.3 Å². The van der Waals surface area contributed by atoms with E-state index >= 15 is 0 Å². The molecule has 0 radical (unpaired) electrons. The Kier molecular flexibility index (Phi) is 3.25. The molecule has 1 aliphatic heterocycles. The van der Waals surface area contributed by atoms with Crippen molar-refractivity contribution in [2.24, 2.45) is 0 Å². The van der Waals surface area contributed by atoms with Crippen LogP contribution >= 0.6 is 11.3 Å². The van der Waals surface area contributed by atoms with Crippen molar-refractivity contribution in [3.8, 4) is 0 Å². The number of aryl methyl sites for hydroxylation is 1. The summed E-state index contributed by atoms with van der Waals surface area (Å²) < 4.78 is 4.95. The quantitative estimate of drug-likeness (QED) is 0.842. The van der Waals surface area contributed by atoms with Gasteiger partial charge in [0.05, 0.1) is 11.8 Å². The average Bonchev–Trinajstić information content (AvgIpc) is 3.09. The first-order valence-corrected chi connectivity index (χ1v) is 7.04. The average molecular weight is 277 g/mol. The van der Waals surface area contributed by atoms with Gasteiger partial charge >= 0.3 is 0 Å². The van der Waals surface area contributed by atoms with Crippen LogP contribution in [0.15, 0.2) is 29.2 Å². The van der Waals surface area contributed by atoms with Gasteiger partial charge in [0.1, 0.15) is 6.26 Å². The molecule has 1 aliphatic rings. The molecule has 0 atom stereocenters. The second-order valence-corrected chi connectivity index (χ2v) is 5.76. The van der Waals surface area contributed by atoms with Crippen molar-refractivity contribution in [1.82, 2.24) is 9.88 Å². The number of thiazole rings is 1. The number of hydrogen-bond donors (Lipinski definition) is 0. The summed E-state index contributed by atoms with van der Waals surface area (Å²) >= 11 is 1.70. The number of piperazine rings is 1. The van der Waals surface area contributed by atoms with Gasteiger partial charge in [0, 0.05) is 37.3 Å². The first-order chi connectivity index (χ1) is 9.24. The van der Waals surface area contributed by atoms with Crippen LogP contribution in [0.2, 0.25) is 0 Å². The molecule has 0 N–H and O–H groups in total. The van der Waals surface area contributed by atoms with E-state index in [-0.39, 0.29) is 5.91 Å². The minimum absolute atomic E-state index is 0.0451. The van der Waals surface area contributed by atoms with Crippen molar-refractivity contribution < 1.29 is 9.21 Å². The van der Waals surface area contributed by atoms with E-state index in [1.165, 1.54) is 17.4 Å². The number of furan rings is 1. The first-order valence-electron chi connectivity index (χ1n) is 6.23. The number of hydrogen-bond acceptors (Lipinski definition) is 5. The second-order valence-electron chi connectivity index (χ2n) is 4.54. The summed E-state index contributed by atoms with van der Waals surface area (Å²) in [5.41, 5.74) is 0.624. The van der Waals surface area contributed by atoms with Crippen molar-refractivity contribution in [3.63, 3.8) is 0 Å². The zero-order chi connectivity index (χ0) is 13.2. The lowest BCUT2D eigenvalue weighted by Gasteiger charge is -2.34. The van der Waals surface area contributed by atoms with E-state index in [1.54, 1.807) is 17.4 Å². The van der Waals surface area contributed by atoms with Crippen molar-refractivity contribution in [1.29, 1.82) is 0 Å². The monoisotopic (exact) mass is 277 g/mol. The SMILES string of the molecule is Cc1cnc(N2CCN(C(=O)c3ccoc3)CC2)s1. The number of rotatable bonds is 2. The van der Waals surface area contributed by atoms with E-state index in [9.17, 15) is 4.79 Å². The molecule has 1 amide bonds. The Morgan fingerprint density at radius 2 is 2.16 bits per heavy atom. The largest absolute Gasteiger partial charge is 0.472 e. The van der Waals surface area contributed by atoms with Crippen molar-refractivity contribution in [2.45, 2.75) is 6.92 Å².